The van der Waals surface area contributed by atoms with Crippen molar-refractivity contribution in [2.24, 2.45) is 0 Å². The molecule has 8 heterocycles. The SMILES string of the molecule is c1ccc(N2c3cc4c(cc3B3c5cccc6c5C(CCC6)c5cc(N6CCCc7ccccc76)cc2c53)c2cc3c(cc2n4-c2ccccc2)N(c2ccccc2)c2cc(N4CCCc5ccccc54)cc4c2B3c2cccc3c2N4CCC3)cc1. The van der Waals surface area contributed by atoms with Gasteiger partial charge in [-0.15, -0.1) is 0 Å². The van der Waals surface area contributed by atoms with Crippen molar-refractivity contribution in [3.8, 4) is 5.69 Å². The van der Waals surface area contributed by atoms with E-state index in [1.54, 1.807) is 5.56 Å². The van der Waals surface area contributed by atoms with Gasteiger partial charge in [0.15, 0.2) is 0 Å². The lowest BCUT2D eigenvalue weighted by Crippen LogP contribution is -2.62. The van der Waals surface area contributed by atoms with Crippen LogP contribution < -0.4 is 57.3 Å². The highest BCUT2D eigenvalue weighted by atomic mass is 15.2. The first-order chi connectivity index (χ1) is 43.2. The molecule has 0 bridgehead atoms. The van der Waals surface area contributed by atoms with E-state index in [1.165, 1.54) is 157 Å². The third-order valence-corrected chi connectivity index (χ3v) is 21.5. The molecule has 0 radical (unpaired) electrons. The van der Waals surface area contributed by atoms with Crippen LogP contribution in [0.5, 0.6) is 0 Å². The summed E-state index contributed by atoms with van der Waals surface area (Å²) in [6.45, 7) is 3.06. The number of nitrogens with zero attached hydrogens (tertiary/aromatic N) is 6. The van der Waals surface area contributed by atoms with E-state index < -0.39 is 0 Å². The van der Waals surface area contributed by atoms with E-state index in [0.717, 1.165) is 76.7 Å². The van der Waals surface area contributed by atoms with E-state index in [4.69, 9.17) is 0 Å². The van der Waals surface area contributed by atoms with Crippen LogP contribution in [-0.2, 0) is 25.7 Å². The second kappa shape index (κ2) is 18.4. The Morgan fingerprint density at radius 2 is 0.805 bits per heavy atom. The minimum Gasteiger partial charge on any atom is -0.342 e. The Morgan fingerprint density at radius 1 is 0.322 bits per heavy atom. The van der Waals surface area contributed by atoms with Crippen LogP contribution in [0.25, 0.3) is 27.5 Å². The second-order valence-electron chi connectivity index (χ2n) is 25.8. The molecule has 1 aliphatic carbocycles. The van der Waals surface area contributed by atoms with Gasteiger partial charge in [0.2, 0.25) is 6.71 Å². The van der Waals surface area contributed by atoms with Crippen molar-refractivity contribution >= 4 is 136 Å². The molecule has 0 saturated carbocycles. The third-order valence-electron chi connectivity index (χ3n) is 21.5. The number of fused-ring (bicyclic) bond motifs is 13. The molecule has 0 N–H and O–H groups in total. The van der Waals surface area contributed by atoms with Gasteiger partial charge in [0, 0.05) is 110 Å². The predicted octanol–water partition coefficient (Wildman–Crippen LogP) is 14.7. The zero-order valence-corrected chi connectivity index (χ0v) is 48.8. The number of anilines is 12. The maximum absolute atomic E-state index is 2.72. The first-order valence-corrected chi connectivity index (χ1v) is 32.2. The molecule has 1 aromatic heterocycles. The molecule has 12 aromatic rings. The summed E-state index contributed by atoms with van der Waals surface area (Å²) in [6.07, 6.45) is 10.2. The molecule has 0 amide bonds. The van der Waals surface area contributed by atoms with Crippen LogP contribution in [0.4, 0.5) is 68.2 Å². The zero-order chi connectivity index (χ0) is 56.6. The number of hydrogen-bond donors (Lipinski definition) is 0. The van der Waals surface area contributed by atoms with Crippen LogP contribution >= 0.6 is 0 Å². The van der Waals surface area contributed by atoms with E-state index in [2.05, 4.69) is 254 Å². The number of aromatic nitrogens is 1. The number of hydrogen-bond acceptors (Lipinski definition) is 5. The quantitative estimate of drug-likeness (QED) is 0.160. The highest BCUT2D eigenvalue weighted by molar-refractivity contribution is 7.01. The van der Waals surface area contributed by atoms with Crippen molar-refractivity contribution < 1.29 is 0 Å². The lowest BCUT2D eigenvalue weighted by atomic mass is 9.30. The molecule has 0 fully saturated rings. The van der Waals surface area contributed by atoms with E-state index in [9.17, 15) is 0 Å². The molecular formula is C79H62B2N6. The minimum atomic E-state index is 0.0179. The van der Waals surface area contributed by atoms with Gasteiger partial charge < -0.3 is 29.1 Å². The van der Waals surface area contributed by atoms with Crippen LogP contribution in [0.2, 0.25) is 0 Å². The summed E-state index contributed by atoms with van der Waals surface area (Å²) in [4.78, 5) is 13.3. The molecular weight excluding hydrogens is 1050 g/mol. The Labute approximate surface area is 509 Å². The predicted molar refractivity (Wildman–Crippen MR) is 366 cm³/mol. The Kier molecular flexibility index (Phi) is 10.3. The fraction of sp³-hybridized carbons (Fsp3) is 0.165. The molecule has 87 heavy (non-hydrogen) atoms. The molecule has 8 heteroatoms. The van der Waals surface area contributed by atoms with Gasteiger partial charge in [-0.1, -0.05) is 145 Å². The van der Waals surface area contributed by atoms with Crippen LogP contribution in [0.1, 0.15) is 71.4 Å². The van der Waals surface area contributed by atoms with Gasteiger partial charge in [0.1, 0.15) is 0 Å². The fourth-order valence-corrected chi connectivity index (χ4v) is 18.0. The van der Waals surface area contributed by atoms with Crippen molar-refractivity contribution in [1.82, 2.24) is 4.57 Å². The first kappa shape index (κ1) is 48.6. The molecule has 6 nitrogen and oxygen atoms in total. The Bertz CT molecular complexity index is 4610. The second-order valence-corrected chi connectivity index (χ2v) is 25.8. The standard InChI is InChI=1S/C79H62B2N6/c1-4-28-54(29-5-1)85-69-48-71-65(80-63-35-15-23-52-22-14-34-59(76(52)63)62-42-57(82-39-17-25-50-20-10-12-37-67(50)82)44-74(77(62)80)86(71)55-30-6-2-7-31-55)46-60(69)61-47-66-72(49-70(61)85)87(56-32-8-3-9-33-56)75-45-58(83-40-18-26-51-21-11-13-38-68(51)83)43-73-78(75)81(66)64-36-16-24-53-27-19-41-84(73)79(53)64/h1-13,15-16,20-21,23-24,28-33,35-38,42-49,59H,14,17-19,22,25-27,34,39-41H2. The Morgan fingerprint density at radius 3 is 1.44 bits per heavy atom. The maximum Gasteiger partial charge on any atom is 0.252 e. The molecule has 0 spiro atoms. The average molecular weight is 1120 g/mol. The highest BCUT2D eigenvalue weighted by Gasteiger charge is 2.48. The smallest absolute Gasteiger partial charge is 0.252 e. The van der Waals surface area contributed by atoms with Crippen molar-refractivity contribution in [3.05, 3.63) is 258 Å². The van der Waals surface area contributed by atoms with E-state index in [1.807, 2.05) is 0 Å². The largest absolute Gasteiger partial charge is 0.342 e. The summed E-state index contributed by atoms with van der Waals surface area (Å²) in [6, 6.07) is 87.6. The summed E-state index contributed by atoms with van der Waals surface area (Å²) in [5.41, 5.74) is 36.6. The molecule has 1 atom stereocenters. The molecule has 414 valence electrons. The summed E-state index contributed by atoms with van der Waals surface area (Å²) in [5, 5.41) is 2.59. The van der Waals surface area contributed by atoms with Crippen LogP contribution in [-0.4, -0.2) is 37.6 Å². The lowest BCUT2D eigenvalue weighted by molar-refractivity contribution is 0.619. The topological polar surface area (TPSA) is 21.1 Å². The zero-order valence-electron chi connectivity index (χ0n) is 48.8. The van der Waals surface area contributed by atoms with Gasteiger partial charge in [-0.3, -0.25) is 0 Å². The molecule has 8 aliphatic rings. The summed E-state index contributed by atoms with van der Waals surface area (Å²) in [5.74, 6) is 0.339. The number of para-hydroxylation sites is 6. The van der Waals surface area contributed by atoms with Crippen LogP contribution in [0.15, 0.2) is 224 Å². The van der Waals surface area contributed by atoms with Gasteiger partial charge in [-0.2, -0.15) is 0 Å². The number of aryl methyl sites for hydroxylation is 4. The van der Waals surface area contributed by atoms with Gasteiger partial charge in [0.25, 0.3) is 6.71 Å². The molecule has 20 rings (SSSR count). The van der Waals surface area contributed by atoms with E-state index in [0.29, 0.717) is 5.92 Å². The van der Waals surface area contributed by atoms with Gasteiger partial charge in [0.05, 0.1) is 11.0 Å². The van der Waals surface area contributed by atoms with Crippen molar-refractivity contribution in [1.29, 1.82) is 0 Å². The third kappa shape index (κ3) is 6.84. The molecule has 11 aromatic carbocycles. The van der Waals surface area contributed by atoms with Gasteiger partial charge in [-0.25, -0.2) is 0 Å². The van der Waals surface area contributed by atoms with Crippen molar-refractivity contribution in [2.75, 3.05) is 44.1 Å². The van der Waals surface area contributed by atoms with Crippen LogP contribution in [0, 0.1) is 0 Å². The van der Waals surface area contributed by atoms with Crippen molar-refractivity contribution in [3.63, 3.8) is 0 Å². The van der Waals surface area contributed by atoms with Gasteiger partial charge >= 0.3 is 0 Å². The summed E-state index contributed by atoms with van der Waals surface area (Å²) < 4.78 is 2.61. The summed E-state index contributed by atoms with van der Waals surface area (Å²) in [7, 11) is 0. The van der Waals surface area contributed by atoms with E-state index in [-0.39, 0.29) is 13.4 Å². The lowest BCUT2D eigenvalue weighted by Gasteiger charge is -2.47. The van der Waals surface area contributed by atoms with Gasteiger partial charge in [-0.05, 0) is 203 Å². The highest BCUT2D eigenvalue weighted by Crippen LogP contribution is 2.52. The first-order valence-electron chi connectivity index (χ1n) is 32.2. The molecule has 7 aliphatic heterocycles. The average Bonchev–Trinajstić information content (AvgIpc) is 1.65. The molecule has 1 unspecified atom stereocenters. The fourth-order valence-electron chi connectivity index (χ4n) is 18.0. The monoisotopic (exact) mass is 1120 g/mol. The summed E-state index contributed by atoms with van der Waals surface area (Å²) >= 11 is 0. The minimum absolute atomic E-state index is 0.0179. The Hall–Kier alpha value is -9.65. The van der Waals surface area contributed by atoms with Crippen LogP contribution in [0.3, 0.4) is 0 Å². The molecule has 0 saturated heterocycles. The number of rotatable bonds is 5. The van der Waals surface area contributed by atoms with Crippen molar-refractivity contribution in [2.45, 2.75) is 63.7 Å². The maximum atomic E-state index is 2.72. The Balaban J connectivity index is 0.890. The number of benzene rings is 11. The normalized spacial score (nSPS) is 17.1. The van der Waals surface area contributed by atoms with E-state index >= 15 is 0 Å².